The molecule has 2 aromatic carbocycles. The summed E-state index contributed by atoms with van der Waals surface area (Å²) in [5, 5.41) is 19.8. The first-order chi connectivity index (χ1) is 11.8. The maximum Gasteiger partial charge on any atom is 0.323 e. The molecule has 134 valence electrons. The number of rotatable bonds is 6. The highest BCUT2D eigenvalue weighted by Gasteiger charge is 2.13. The second-order valence-corrected chi connectivity index (χ2v) is 7.16. The number of aryl methyl sites for hydroxylation is 1. The predicted molar refractivity (Wildman–Crippen MR) is 97.2 cm³/mol. The van der Waals surface area contributed by atoms with Crippen LogP contribution in [0, 0.1) is 0 Å². The number of sulfonamides is 1. The molecule has 0 aromatic heterocycles. The van der Waals surface area contributed by atoms with Crippen molar-refractivity contribution in [2.45, 2.75) is 31.1 Å². The number of amides is 2. The van der Waals surface area contributed by atoms with Crippen LogP contribution in [0.1, 0.15) is 25.3 Å². The molecule has 0 atom stereocenters. The Hall–Kier alpha value is -2.58. The molecule has 8 heteroatoms. The number of nitrogens with two attached hydrogens (primary N) is 1. The van der Waals surface area contributed by atoms with Crippen molar-refractivity contribution < 1.29 is 18.3 Å². The number of urea groups is 1. The largest absolute Gasteiger partial charge is 0.506 e. The van der Waals surface area contributed by atoms with Crippen molar-refractivity contribution in [3.05, 3.63) is 48.0 Å². The average molecular weight is 363 g/mol. The summed E-state index contributed by atoms with van der Waals surface area (Å²) >= 11 is 0. The Labute approximate surface area is 146 Å². The third-order valence-electron chi connectivity index (χ3n) is 3.58. The van der Waals surface area contributed by atoms with Gasteiger partial charge < -0.3 is 15.7 Å². The Morgan fingerprint density at radius 2 is 1.80 bits per heavy atom. The van der Waals surface area contributed by atoms with Crippen molar-refractivity contribution in [1.29, 1.82) is 0 Å². The van der Waals surface area contributed by atoms with Crippen LogP contribution in [0.2, 0.25) is 0 Å². The van der Waals surface area contributed by atoms with E-state index in [0.29, 0.717) is 5.69 Å². The standard InChI is InChI=1S/C17H21N3O4S/c1-2-3-4-12-5-7-13(8-6-12)19-17(22)20-15-11-14(25(18,23)24)9-10-16(15)21/h5-11,21H,2-4H2,1H3,(H2,18,23,24)(H2,19,20,22). The molecule has 0 aliphatic heterocycles. The summed E-state index contributed by atoms with van der Waals surface area (Å²) in [6, 6.07) is 10.2. The summed E-state index contributed by atoms with van der Waals surface area (Å²) < 4.78 is 22.7. The molecule has 25 heavy (non-hydrogen) atoms. The van der Waals surface area contributed by atoms with E-state index in [0.717, 1.165) is 37.5 Å². The minimum Gasteiger partial charge on any atom is -0.506 e. The quantitative estimate of drug-likeness (QED) is 0.589. The van der Waals surface area contributed by atoms with Gasteiger partial charge in [0.1, 0.15) is 5.75 Å². The lowest BCUT2D eigenvalue weighted by molar-refractivity contribution is 0.262. The maximum absolute atomic E-state index is 12.0. The van der Waals surface area contributed by atoms with Gasteiger partial charge >= 0.3 is 6.03 Å². The maximum atomic E-state index is 12.0. The van der Waals surface area contributed by atoms with E-state index in [1.165, 1.54) is 5.56 Å². The Kier molecular flexibility index (Phi) is 6.00. The number of aromatic hydroxyl groups is 1. The summed E-state index contributed by atoms with van der Waals surface area (Å²) in [7, 11) is -3.93. The first kappa shape index (κ1) is 18.8. The first-order valence-electron chi connectivity index (χ1n) is 7.82. The minimum atomic E-state index is -3.93. The number of nitrogens with one attached hydrogen (secondary N) is 2. The monoisotopic (exact) mass is 363 g/mol. The number of phenolic OH excluding ortho intramolecular Hbond substituents is 1. The molecule has 0 saturated heterocycles. The van der Waals surface area contributed by atoms with Crippen molar-refractivity contribution in [2.75, 3.05) is 10.6 Å². The lowest BCUT2D eigenvalue weighted by Gasteiger charge is -2.10. The molecule has 0 heterocycles. The third kappa shape index (κ3) is 5.47. The lowest BCUT2D eigenvalue weighted by atomic mass is 10.1. The van der Waals surface area contributed by atoms with Gasteiger partial charge in [0.2, 0.25) is 10.0 Å². The Morgan fingerprint density at radius 1 is 1.12 bits per heavy atom. The fourth-order valence-electron chi connectivity index (χ4n) is 2.21. The molecular weight excluding hydrogens is 342 g/mol. The number of hydrogen-bond donors (Lipinski definition) is 4. The fraction of sp³-hybridized carbons (Fsp3) is 0.235. The highest BCUT2D eigenvalue weighted by Crippen LogP contribution is 2.26. The molecule has 0 fully saturated rings. The van der Waals surface area contributed by atoms with Crippen molar-refractivity contribution in [2.24, 2.45) is 5.14 Å². The summed E-state index contributed by atoms with van der Waals surface area (Å²) in [5.41, 5.74) is 1.72. The van der Waals surface area contributed by atoms with Gasteiger partial charge in [-0.2, -0.15) is 0 Å². The van der Waals surface area contributed by atoms with E-state index in [4.69, 9.17) is 5.14 Å². The number of phenols is 1. The molecule has 0 unspecified atom stereocenters. The van der Waals surface area contributed by atoms with Crippen LogP contribution in [0.25, 0.3) is 0 Å². The normalized spacial score (nSPS) is 11.1. The van der Waals surface area contributed by atoms with Gasteiger partial charge in [-0.1, -0.05) is 25.5 Å². The highest BCUT2D eigenvalue weighted by molar-refractivity contribution is 7.89. The number of benzene rings is 2. The van der Waals surface area contributed by atoms with Gasteiger partial charge in [0.25, 0.3) is 0 Å². The van der Waals surface area contributed by atoms with Crippen molar-refractivity contribution >= 4 is 27.4 Å². The SMILES string of the molecule is CCCCc1ccc(NC(=O)Nc2cc(S(N)(=O)=O)ccc2O)cc1. The van der Waals surface area contributed by atoms with Crippen LogP contribution in [0.3, 0.4) is 0 Å². The number of primary sulfonamides is 1. The van der Waals surface area contributed by atoms with E-state index < -0.39 is 16.1 Å². The van der Waals surface area contributed by atoms with Crippen LogP contribution in [-0.2, 0) is 16.4 Å². The Balaban J connectivity index is 2.05. The molecular formula is C17H21N3O4S. The van der Waals surface area contributed by atoms with E-state index in [2.05, 4.69) is 17.6 Å². The number of carbonyl (C=O) groups is 1. The zero-order valence-electron chi connectivity index (χ0n) is 13.8. The number of hydrogen-bond acceptors (Lipinski definition) is 4. The van der Waals surface area contributed by atoms with Gasteiger partial charge in [0.05, 0.1) is 10.6 Å². The van der Waals surface area contributed by atoms with Gasteiger partial charge in [-0.3, -0.25) is 0 Å². The zero-order valence-corrected chi connectivity index (χ0v) is 14.6. The topological polar surface area (TPSA) is 122 Å². The molecule has 2 aromatic rings. The second-order valence-electron chi connectivity index (χ2n) is 5.60. The van der Waals surface area contributed by atoms with Crippen LogP contribution in [0.5, 0.6) is 5.75 Å². The molecule has 0 saturated carbocycles. The van der Waals surface area contributed by atoms with Crippen LogP contribution in [0.4, 0.5) is 16.2 Å². The molecule has 5 N–H and O–H groups in total. The van der Waals surface area contributed by atoms with Crippen LogP contribution < -0.4 is 15.8 Å². The van der Waals surface area contributed by atoms with E-state index in [-0.39, 0.29) is 16.3 Å². The van der Waals surface area contributed by atoms with Crippen LogP contribution >= 0.6 is 0 Å². The Bertz CT molecular complexity index is 849. The van der Waals surface area contributed by atoms with Crippen molar-refractivity contribution in [3.8, 4) is 5.75 Å². The Morgan fingerprint density at radius 3 is 2.40 bits per heavy atom. The predicted octanol–water partition coefficient (Wildman–Crippen LogP) is 3.03. The average Bonchev–Trinajstić information content (AvgIpc) is 2.55. The fourth-order valence-corrected chi connectivity index (χ4v) is 2.75. The van der Waals surface area contributed by atoms with Gasteiger partial charge in [-0.05, 0) is 48.7 Å². The van der Waals surface area contributed by atoms with Gasteiger partial charge in [-0.25, -0.2) is 18.4 Å². The molecule has 0 aliphatic carbocycles. The molecule has 0 aliphatic rings. The molecule has 0 radical (unpaired) electrons. The smallest absolute Gasteiger partial charge is 0.323 e. The third-order valence-corrected chi connectivity index (χ3v) is 4.49. The molecule has 2 rings (SSSR count). The zero-order chi connectivity index (χ0) is 18.4. The summed E-state index contributed by atoms with van der Waals surface area (Å²) in [6.45, 7) is 2.13. The number of carbonyl (C=O) groups excluding carboxylic acids is 1. The number of anilines is 2. The summed E-state index contributed by atoms with van der Waals surface area (Å²) in [5.74, 6) is -0.266. The van der Waals surface area contributed by atoms with Crippen LogP contribution in [0.15, 0.2) is 47.4 Å². The van der Waals surface area contributed by atoms with E-state index in [1.807, 2.05) is 12.1 Å². The highest BCUT2D eigenvalue weighted by atomic mass is 32.2. The van der Waals surface area contributed by atoms with Gasteiger partial charge in [0.15, 0.2) is 0 Å². The molecule has 0 spiro atoms. The minimum absolute atomic E-state index is 0.0522. The number of unbranched alkanes of at least 4 members (excludes halogenated alkanes) is 1. The van der Waals surface area contributed by atoms with E-state index in [1.54, 1.807) is 12.1 Å². The van der Waals surface area contributed by atoms with Gasteiger partial charge in [0, 0.05) is 5.69 Å². The second kappa shape index (κ2) is 8.00. The van der Waals surface area contributed by atoms with Crippen molar-refractivity contribution in [3.63, 3.8) is 0 Å². The van der Waals surface area contributed by atoms with E-state index in [9.17, 15) is 18.3 Å². The molecule has 2 amide bonds. The lowest BCUT2D eigenvalue weighted by Crippen LogP contribution is -2.20. The first-order valence-corrected chi connectivity index (χ1v) is 9.37. The summed E-state index contributed by atoms with van der Waals surface area (Å²) in [6.07, 6.45) is 3.20. The van der Waals surface area contributed by atoms with Gasteiger partial charge in [-0.15, -0.1) is 0 Å². The van der Waals surface area contributed by atoms with Crippen molar-refractivity contribution in [1.82, 2.24) is 0 Å². The summed E-state index contributed by atoms with van der Waals surface area (Å²) in [4.78, 5) is 11.8. The van der Waals surface area contributed by atoms with Crippen LogP contribution in [-0.4, -0.2) is 19.6 Å². The van der Waals surface area contributed by atoms with E-state index >= 15 is 0 Å². The molecule has 0 bridgehead atoms. The molecule has 7 nitrogen and oxygen atoms in total.